The zero-order valence-electron chi connectivity index (χ0n) is 13.9. The molecule has 1 rings (SSSR count). The summed E-state index contributed by atoms with van der Waals surface area (Å²) in [5.74, 6) is 0.900. The van der Waals surface area contributed by atoms with Gasteiger partial charge in [0.05, 0.1) is 0 Å². The molecule has 0 spiro atoms. The van der Waals surface area contributed by atoms with Crippen molar-refractivity contribution in [1.29, 1.82) is 0 Å². The maximum absolute atomic E-state index is 12.0. The molecule has 21 heavy (non-hydrogen) atoms. The van der Waals surface area contributed by atoms with E-state index in [2.05, 4.69) is 10.6 Å². The van der Waals surface area contributed by atoms with Gasteiger partial charge >= 0.3 is 0 Å². The first kappa shape index (κ1) is 18.0. The van der Waals surface area contributed by atoms with Crippen molar-refractivity contribution in [3.05, 3.63) is 0 Å². The SMILES string of the molecule is CC(NC(=O)CC1CCC(CN)CC1)C(=O)NC(C)(C)C. The minimum atomic E-state index is -0.489. The average Bonchev–Trinajstić information content (AvgIpc) is 2.37. The maximum atomic E-state index is 12.0. The molecule has 4 N–H and O–H groups in total. The number of carbonyl (C=O) groups excluding carboxylic acids is 2. The number of amides is 2. The Labute approximate surface area is 128 Å². The van der Waals surface area contributed by atoms with Crippen molar-refractivity contribution in [2.24, 2.45) is 17.6 Å². The van der Waals surface area contributed by atoms with Gasteiger partial charge in [-0.2, -0.15) is 0 Å². The van der Waals surface area contributed by atoms with E-state index in [0.29, 0.717) is 18.3 Å². The van der Waals surface area contributed by atoms with Crippen molar-refractivity contribution in [3.63, 3.8) is 0 Å². The predicted molar refractivity (Wildman–Crippen MR) is 84.6 cm³/mol. The van der Waals surface area contributed by atoms with Crippen LogP contribution in [0.1, 0.15) is 59.8 Å². The van der Waals surface area contributed by atoms with Crippen molar-refractivity contribution >= 4 is 11.8 Å². The summed E-state index contributed by atoms with van der Waals surface area (Å²) in [6.45, 7) is 8.26. The van der Waals surface area contributed by atoms with Crippen molar-refractivity contribution in [2.75, 3.05) is 6.54 Å². The topological polar surface area (TPSA) is 84.2 Å². The van der Waals surface area contributed by atoms with Gasteiger partial charge in [-0.3, -0.25) is 9.59 Å². The van der Waals surface area contributed by atoms with Crippen LogP contribution in [0, 0.1) is 11.8 Å². The number of carbonyl (C=O) groups is 2. The second-order valence-electron chi connectivity index (χ2n) is 7.36. The quantitative estimate of drug-likeness (QED) is 0.720. The van der Waals surface area contributed by atoms with Gasteiger partial charge in [0.15, 0.2) is 0 Å². The van der Waals surface area contributed by atoms with E-state index in [4.69, 9.17) is 5.73 Å². The Balaban J connectivity index is 2.32. The Kier molecular flexibility index (Phi) is 6.65. The maximum Gasteiger partial charge on any atom is 0.242 e. The fourth-order valence-corrected chi connectivity index (χ4v) is 2.78. The third kappa shape index (κ3) is 6.93. The van der Waals surface area contributed by atoms with Gasteiger partial charge in [0.2, 0.25) is 11.8 Å². The van der Waals surface area contributed by atoms with Gasteiger partial charge in [0.1, 0.15) is 6.04 Å². The van der Waals surface area contributed by atoms with Crippen molar-refractivity contribution in [2.45, 2.75) is 71.4 Å². The van der Waals surface area contributed by atoms with E-state index >= 15 is 0 Å². The van der Waals surface area contributed by atoms with Gasteiger partial charge < -0.3 is 16.4 Å². The van der Waals surface area contributed by atoms with Crippen LogP contribution < -0.4 is 16.4 Å². The number of hydrogen-bond donors (Lipinski definition) is 3. The van der Waals surface area contributed by atoms with Crippen LogP contribution in [0.5, 0.6) is 0 Å². The molecule has 0 bridgehead atoms. The number of hydrogen-bond acceptors (Lipinski definition) is 3. The Hall–Kier alpha value is -1.10. The smallest absolute Gasteiger partial charge is 0.242 e. The first-order valence-corrected chi connectivity index (χ1v) is 8.02. The molecule has 2 amide bonds. The molecule has 1 atom stereocenters. The molecular formula is C16H31N3O2. The number of rotatable bonds is 5. The molecule has 0 aromatic rings. The molecule has 1 aliphatic carbocycles. The molecule has 0 saturated heterocycles. The van der Waals surface area contributed by atoms with E-state index in [1.54, 1.807) is 6.92 Å². The van der Waals surface area contributed by atoms with Crippen LogP contribution in [0.3, 0.4) is 0 Å². The first-order chi connectivity index (χ1) is 9.71. The number of nitrogens with one attached hydrogen (secondary N) is 2. The normalized spacial score (nSPS) is 24.2. The van der Waals surface area contributed by atoms with Gasteiger partial charge in [0, 0.05) is 12.0 Å². The Morgan fingerprint density at radius 3 is 2.14 bits per heavy atom. The second-order valence-corrected chi connectivity index (χ2v) is 7.36. The Bertz CT molecular complexity index is 355. The summed E-state index contributed by atoms with van der Waals surface area (Å²) in [6, 6.07) is -0.489. The van der Waals surface area contributed by atoms with Crippen LogP contribution in [0.4, 0.5) is 0 Å². The molecule has 0 aromatic carbocycles. The van der Waals surface area contributed by atoms with Crippen molar-refractivity contribution in [1.82, 2.24) is 10.6 Å². The summed E-state index contributed by atoms with van der Waals surface area (Å²) < 4.78 is 0. The van der Waals surface area contributed by atoms with Gasteiger partial charge in [-0.15, -0.1) is 0 Å². The van der Waals surface area contributed by atoms with Gasteiger partial charge in [-0.25, -0.2) is 0 Å². The van der Waals surface area contributed by atoms with E-state index in [1.165, 1.54) is 0 Å². The monoisotopic (exact) mass is 297 g/mol. The molecule has 122 valence electrons. The lowest BCUT2D eigenvalue weighted by atomic mass is 9.80. The highest BCUT2D eigenvalue weighted by Gasteiger charge is 2.24. The first-order valence-electron chi connectivity index (χ1n) is 8.02. The molecule has 1 unspecified atom stereocenters. The molecule has 1 saturated carbocycles. The third-order valence-electron chi connectivity index (χ3n) is 4.04. The van der Waals surface area contributed by atoms with Crippen molar-refractivity contribution in [3.8, 4) is 0 Å². The van der Waals surface area contributed by atoms with Crippen LogP contribution in [0.25, 0.3) is 0 Å². The van der Waals surface area contributed by atoms with Gasteiger partial charge in [-0.1, -0.05) is 0 Å². The van der Waals surface area contributed by atoms with E-state index in [9.17, 15) is 9.59 Å². The summed E-state index contributed by atoms with van der Waals surface area (Å²) >= 11 is 0. The van der Waals surface area contributed by atoms with E-state index in [0.717, 1.165) is 32.2 Å². The summed E-state index contributed by atoms with van der Waals surface area (Å²) in [7, 11) is 0. The molecule has 0 aliphatic heterocycles. The lowest BCUT2D eigenvalue weighted by Gasteiger charge is -2.28. The van der Waals surface area contributed by atoms with Crippen LogP contribution in [0.2, 0.25) is 0 Å². The van der Waals surface area contributed by atoms with Crippen LogP contribution >= 0.6 is 0 Å². The second kappa shape index (κ2) is 7.78. The molecule has 1 aliphatic rings. The minimum Gasteiger partial charge on any atom is -0.350 e. The summed E-state index contributed by atoms with van der Waals surface area (Å²) in [6.07, 6.45) is 4.89. The van der Waals surface area contributed by atoms with Crippen LogP contribution in [-0.4, -0.2) is 29.9 Å². The average molecular weight is 297 g/mol. The van der Waals surface area contributed by atoms with E-state index < -0.39 is 6.04 Å². The fraction of sp³-hybridized carbons (Fsp3) is 0.875. The van der Waals surface area contributed by atoms with Crippen molar-refractivity contribution < 1.29 is 9.59 Å². The lowest BCUT2D eigenvalue weighted by Crippen LogP contribution is -2.51. The van der Waals surface area contributed by atoms with Crippen LogP contribution in [0.15, 0.2) is 0 Å². The standard InChI is InChI=1S/C16H31N3O2/c1-11(15(21)19-16(2,3)4)18-14(20)9-12-5-7-13(10-17)8-6-12/h11-13H,5-10,17H2,1-4H3,(H,18,20)(H,19,21). The minimum absolute atomic E-state index is 0.0252. The molecule has 0 radical (unpaired) electrons. The number of nitrogens with two attached hydrogens (primary N) is 1. The fourth-order valence-electron chi connectivity index (χ4n) is 2.78. The third-order valence-corrected chi connectivity index (χ3v) is 4.04. The molecule has 5 heteroatoms. The van der Waals surface area contributed by atoms with Gasteiger partial charge in [-0.05, 0) is 71.8 Å². The lowest BCUT2D eigenvalue weighted by molar-refractivity contribution is -0.130. The summed E-state index contributed by atoms with van der Waals surface area (Å²) in [5, 5.41) is 5.67. The van der Waals surface area contributed by atoms with E-state index in [-0.39, 0.29) is 17.4 Å². The zero-order valence-corrected chi connectivity index (χ0v) is 13.9. The van der Waals surface area contributed by atoms with Crippen LogP contribution in [-0.2, 0) is 9.59 Å². The van der Waals surface area contributed by atoms with E-state index in [1.807, 2.05) is 20.8 Å². The predicted octanol–water partition coefficient (Wildman–Crippen LogP) is 1.56. The zero-order chi connectivity index (χ0) is 16.0. The van der Waals surface area contributed by atoms with Gasteiger partial charge in [0.25, 0.3) is 0 Å². The molecular weight excluding hydrogens is 266 g/mol. The summed E-state index contributed by atoms with van der Waals surface area (Å²) in [4.78, 5) is 24.0. The highest BCUT2D eigenvalue weighted by Crippen LogP contribution is 2.30. The summed E-state index contributed by atoms with van der Waals surface area (Å²) in [5.41, 5.74) is 5.39. The molecule has 5 nitrogen and oxygen atoms in total. The molecule has 1 fully saturated rings. The largest absolute Gasteiger partial charge is 0.350 e. The Morgan fingerprint density at radius 2 is 1.67 bits per heavy atom. The molecule has 0 heterocycles. The highest BCUT2D eigenvalue weighted by molar-refractivity contribution is 5.87. The Morgan fingerprint density at radius 1 is 1.14 bits per heavy atom. The highest BCUT2D eigenvalue weighted by atomic mass is 16.2. The molecule has 0 aromatic heterocycles.